The number of carbonyl (C=O) groups excluding carboxylic acids is 13. The number of alkyl halides is 6. The Morgan fingerprint density at radius 3 is 0.912 bits per heavy atom. The van der Waals surface area contributed by atoms with Crippen LogP contribution in [0.2, 0.25) is 0 Å². The molecule has 11 fully saturated rings. The second-order valence-electron chi connectivity index (χ2n) is 43.7. The van der Waals surface area contributed by atoms with Crippen molar-refractivity contribution < 1.29 is 98.5 Å². The van der Waals surface area contributed by atoms with E-state index in [1.807, 2.05) is 141 Å². The molecular weight excluding hydrogens is 1970 g/mol. The van der Waals surface area contributed by atoms with E-state index in [4.69, 9.17) is 36.3 Å². The number of aliphatic hydroxyl groups is 1. The molecule has 10 heterocycles. The van der Waals surface area contributed by atoms with Crippen molar-refractivity contribution in [1.82, 2.24) is 96.0 Å². The summed E-state index contributed by atoms with van der Waals surface area (Å²) >= 11 is 1.85. The third-order valence-electron chi connectivity index (χ3n) is 27.7. The number of ether oxygens (including phenoxy) is 1. The van der Waals surface area contributed by atoms with Gasteiger partial charge >= 0.3 is 6.09 Å². The molecule has 14 atom stereocenters. The van der Waals surface area contributed by atoms with Gasteiger partial charge in [0.25, 0.3) is 0 Å². The third-order valence-corrected chi connectivity index (χ3v) is 28.7. The van der Waals surface area contributed by atoms with Crippen LogP contribution in [0, 0.1) is 68.0 Å². The first kappa shape index (κ1) is 128. The van der Waals surface area contributed by atoms with E-state index in [1.165, 1.54) is 34.3 Å². The summed E-state index contributed by atoms with van der Waals surface area (Å²) in [7, 11) is 3.35. The first-order chi connectivity index (χ1) is 68.9. The van der Waals surface area contributed by atoms with Gasteiger partial charge in [-0.3, -0.25) is 57.5 Å². The molecule has 13 amide bonds. The summed E-state index contributed by atoms with van der Waals surface area (Å²) in [4.78, 5) is 177. The summed E-state index contributed by atoms with van der Waals surface area (Å²) in [6, 6.07) is 7.98. The highest BCUT2D eigenvalue weighted by Gasteiger charge is 2.45. The number of rotatable bonds is 33. The summed E-state index contributed by atoms with van der Waals surface area (Å²) < 4.78 is 85.4. The summed E-state index contributed by atoms with van der Waals surface area (Å²) in [5.41, 5.74) is -3.43. The lowest BCUT2D eigenvalue weighted by Gasteiger charge is -2.36. The molecule has 48 heteroatoms. The van der Waals surface area contributed by atoms with Crippen molar-refractivity contribution in [3.63, 3.8) is 0 Å². The SMILES string of the molecule is CC(C)(CC(=O)N1CCCC1CO)NCC(=O)N1C[C@@H](F)C[C@H]1C#N.CC(C)(CC(=O)N1CCSCC1)NCC(=O)N1C[C@@H](F)C[C@H]1C#N.CC(C)(CC(=O)NC1CCCC1)NCC(=O)N1C[C@@H](F)C[C@H]1C#N.CCOC(=O)N1CCN(C(=O)CC(C)(C)NCC(=O)N2C[C@@H](F)C[C@H]2C#N)CC1.CN(C)C(=O)CC(C)(C)NCC(=O)N1C[C@@H](F)C[C@H]1C#N.C[C@@H]1CCCN1C(=O)CC(C)(C)NCC(=O)N1C[C@@H](F)C[C@H]1C#N.S. The van der Waals surface area contributed by atoms with E-state index < -0.39 is 107 Å². The van der Waals surface area contributed by atoms with Gasteiger partial charge in [0.1, 0.15) is 73.3 Å². The Bertz CT molecular complexity index is 4680. The molecule has 11 aliphatic rings. The zero-order chi connectivity index (χ0) is 110. The molecule has 10 aliphatic heterocycles. The number of carbonyl (C=O) groups is 13. The topological polar surface area (TPSA) is 517 Å². The Morgan fingerprint density at radius 2 is 0.628 bits per heavy atom. The maximum atomic E-state index is 13.5. The lowest BCUT2D eigenvalue weighted by molar-refractivity contribution is -0.135. The fourth-order valence-electron chi connectivity index (χ4n) is 19.0. The number of thioether (sulfide) groups is 1. The summed E-state index contributed by atoms with van der Waals surface area (Å²) in [6.45, 7) is 30.6. The summed E-state index contributed by atoms with van der Waals surface area (Å²) in [6.07, 6.45) is 2.83. The van der Waals surface area contributed by atoms with Crippen molar-refractivity contribution in [1.29, 1.82) is 31.6 Å². The van der Waals surface area contributed by atoms with E-state index in [0.717, 1.165) is 82.5 Å². The second-order valence-corrected chi connectivity index (χ2v) is 44.9. The van der Waals surface area contributed by atoms with Gasteiger partial charge in [0.05, 0.1) is 134 Å². The van der Waals surface area contributed by atoms with Gasteiger partial charge in [-0.25, -0.2) is 31.1 Å². The average Bonchev–Trinajstić information content (AvgIpc) is 1.78. The number of hydrogen-bond donors (Lipinski definition) is 8. The standard InChI is InChI=1S/C19H30FN5O4.C17H27FN4O3.2C17H27FN4O2.C16H25FN4O2S.C14H23FN4O2.H2S/c1-4-29-18(28)24-7-5-23(6-8-24)16(26)10-19(2,3)22-12-17(27)25-13-14(20)9-15(25)11-21;1-17(2,7-15(24)21-5-3-4-13(21)11-23)20-9-16(25)22-10-12(18)6-14(22)8-19;1-12-5-4-6-21(12)15(23)8-17(2,3)20-10-16(24)22-11-13(18)7-14(22)9-19;1-17(2,8-15(23)21-13-5-3-4-6-13)20-10-16(24)22-11-12(18)7-14(22)9-19;1-16(2,8-14(22)20-3-5-24-6-4-20)19-10-15(23)21-11-12(17)7-13(21)9-18;1-14(2,6-12(20)18(3)4)17-8-13(21)19-9-10(15)5-11(19)7-16;/h14-15,22H,4-10,12-13H2,1-3H3;12-14,20,23H,3-7,9-11H2,1-2H3;12-14,20H,4-8,10-11H2,1-3H3;12-14,20H,3-8,10-11H2,1-2H3,(H,21,23);12-13,19H,3-8,10-11H2,1-2H3;10-11,17H,5-6,8-9H2,1-4H3;1H2/t14-,15-;12-,13?,14-;12-,13+,14+;12-,14-;12-,13-;10-,11-;/m001000./s1. The maximum Gasteiger partial charge on any atom is 0.409 e. The second kappa shape index (κ2) is 60.2. The van der Waals surface area contributed by atoms with Crippen LogP contribution in [0.3, 0.4) is 0 Å². The lowest BCUT2D eigenvalue weighted by atomic mass is 9.99. The minimum Gasteiger partial charge on any atom is -0.450 e. The van der Waals surface area contributed by atoms with Crippen LogP contribution in [-0.4, -0.2) is 435 Å². The van der Waals surface area contributed by atoms with E-state index in [1.54, 1.807) is 35.7 Å². The zero-order valence-corrected chi connectivity index (χ0v) is 91.0. The van der Waals surface area contributed by atoms with Gasteiger partial charge in [0, 0.05) is 200 Å². The summed E-state index contributed by atoms with van der Waals surface area (Å²) in [5.74, 6) is 0.0321. The van der Waals surface area contributed by atoms with Crippen LogP contribution in [0.1, 0.15) is 225 Å². The molecule has 830 valence electrons. The van der Waals surface area contributed by atoms with Crippen molar-refractivity contribution in [3.05, 3.63) is 0 Å². The number of likely N-dealkylation sites (tertiary alicyclic amines) is 8. The molecule has 1 saturated carbocycles. The van der Waals surface area contributed by atoms with Crippen LogP contribution in [0.5, 0.6) is 0 Å². The van der Waals surface area contributed by atoms with E-state index >= 15 is 0 Å². The normalized spacial score (nSPS) is 24.5. The zero-order valence-electron chi connectivity index (χ0n) is 89.2. The molecule has 0 spiro atoms. The number of nitriles is 6. The Labute approximate surface area is 879 Å². The first-order valence-corrected chi connectivity index (χ1v) is 52.3. The predicted octanol–water partition coefficient (Wildman–Crippen LogP) is 4.37. The number of nitrogens with one attached hydrogen (secondary N) is 7. The molecule has 40 nitrogen and oxygen atoms in total. The lowest BCUT2D eigenvalue weighted by Crippen LogP contribution is -2.54. The Balaban J connectivity index is 0.000000313. The van der Waals surface area contributed by atoms with Crippen LogP contribution >= 0.6 is 25.3 Å². The highest BCUT2D eigenvalue weighted by atomic mass is 32.2. The number of piperazine rings is 1. The van der Waals surface area contributed by atoms with Crippen LogP contribution < -0.4 is 37.2 Å². The fraction of sp³-hybridized carbons (Fsp3) is 0.810. The molecule has 148 heavy (non-hydrogen) atoms. The Morgan fingerprint density at radius 1 is 0.358 bits per heavy atom. The number of amides is 13. The van der Waals surface area contributed by atoms with E-state index in [-0.39, 0.29) is 258 Å². The number of nitrogens with zero attached hydrogens (tertiary/aromatic N) is 18. The molecule has 0 aromatic heterocycles. The third kappa shape index (κ3) is 42.2. The molecule has 0 bridgehead atoms. The van der Waals surface area contributed by atoms with E-state index in [2.05, 4.69) is 44.1 Å². The minimum atomic E-state index is -1.17. The molecule has 0 radical (unpaired) electrons. The smallest absolute Gasteiger partial charge is 0.409 e. The molecule has 11 rings (SSSR count). The van der Waals surface area contributed by atoms with Crippen molar-refractivity contribution >= 4 is 102 Å². The largest absolute Gasteiger partial charge is 0.450 e. The number of halogens is 6. The molecule has 0 aromatic carbocycles. The first-order valence-electron chi connectivity index (χ1n) is 51.2. The maximum absolute atomic E-state index is 13.5. The molecule has 0 aromatic rings. The molecule has 1 unspecified atom stereocenters. The van der Waals surface area contributed by atoms with Crippen molar-refractivity contribution in [2.24, 2.45) is 0 Å². The van der Waals surface area contributed by atoms with Gasteiger partial charge in [-0.1, -0.05) is 12.8 Å². The van der Waals surface area contributed by atoms with Crippen LogP contribution in [0.25, 0.3) is 0 Å². The van der Waals surface area contributed by atoms with Gasteiger partial charge in [-0.05, 0) is 135 Å². The Kier molecular flexibility index (Phi) is 52.2. The van der Waals surface area contributed by atoms with E-state index in [0.29, 0.717) is 52.2 Å². The summed E-state index contributed by atoms with van der Waals surface area (Å²) in [5, 5.41) is 84.8. The monoisotopic (exact) mass is 2130 g/mol. The van der Waals surface area contributed by atoms with Gasteiger partial charge < -0.3 is 106 Å². The quantitative estimate of drug-likeness (QED) is 0.0423. The van der Waals surface area contributed by atoms with Crippen molar-refractivity contribution in [2.45, 2.75) is 350 Å². The van der Waals surface area contributed by atoms with Crippen LogP contribution in [0.15, 0.2) is 0 Å². The van der Waals surface area contributed by atoms with E-state index in [9.17, 15) is 93.8 Å². The highest BCUT2D eigenvalue weighted by Crippen LogP contribution is 2.31. The number of hydrogen-bond acceptors (Lipinski definition) is 28. The van der Waals surface area contributed by atoms with Crippen molar-refractivity contribution in [3.8, 4) is 36.4 Å². The van der Waals surface area contributed by atoms with Crippen LogP contribution in [0.4, 0.5) is 31.1 Å². The van der Waals surface area contributed by atoms with Gasteiger partial charge in [0.2, 0.25) is 70.9 Å². The number of aliphatic hydroxyl groups excluding tert-OH is 1. The highest BCUT2D eigenvalue weighted by molar-refractivity contribution is 7.99. The average molecular weight is 2130 g/mol. The molecule has 8 N–H and O–H groups in total. The van der Waals surface area contributed by atoms with Gasteiger partial charge in [-0.15, -0.1) is 0 Å². The van der Waals surface area contributed by atoms with Gasteiger partial charge in [0.15, 0.2) is 0 Å². The Hall–Kier alpha value is -10.2. The van der Waals surface area contributed by atoms with Crippen molar-refractivity contribution in [2.75, 3.05) is 170 Å². The van der Waals surface area contributed by atoms with Crippen LogP contribution in [-0.2, 0) is 62.3 Å². The van der Waals surface area contributed by atoms with Gasteiger partial charge in [-0.2, -0.15) is 56.8 Å². The molecular formula is C100H161F6N25O15S2. The molecule has 10 saturated heterocycles. The fourth-order valence-corrected chi connectivity index (χ4v) is 19.9. The predicted molar refractivity (Wildman–Crippen MR) is 545 cm³/mol. The molecule has 1 aliphatic carbocycles. The minimum absolute atomic E-state index is 0.